The SMILES string of the molecule is CC(C)(C)CCOCCOCC(C)(C)C.CC(C)(C)COCCOCN1C(=O)CC(C(C)(C)C)C1=O.CC(C)(C)COCCOCOC(C)(C)C.CC(C)(C)COCCOCSC(C)(C)C. The highest BCUT2D eigenvalue weighted by atomic mass is 32.2. The van der Waals surface area contributed by atoms with E-state index in [2.05, 4.69) is 125 Å². The Kier molecular flexibility index (Phi) is 35.4. The van der Waals surface area contributed by atoms with Crippen LogP contribution in [0.2, 0.25) is 0 Å². The third-order valence-electron chi connectivity index (χ3n) is 8.28. The van der Waals surface area contributed by atoms with Crippen LogP contribution in [0.15, 0.2) is 0 Å². The number of amides is 2. The van der Waals surface area contributed by atoms with Crippen molar-refractivity contribution in [3.63, 3.8) is 0 Å². The molecule has 0 bridgehead atoms. The van der Waals surface area contributed by atoms with Crippen molar-refractivity contribution in [2.45, 2.75) is 189 Å². The summed E-state index contributed by atoms with van der Waals surface area (Å²) in [6, 6.07) is 0. The Hall–Kier alpha value is -0.870. The second kappa shape index (κ2) is 33.7. The largest absolute Gasteiger partial charge is 0.379 e. The highest BCUT2D eigenvalue weighted by Crippen LogP contribution is 2.35. The third kappa shape index (κ3) is 54.1. The van der Waals surface area contributed by atoms with Crippen LogP contribution in [0, 0.1) is 38.4 Å². The minimum atomic E-state index is -0.245. The molecule has 1 aliphatic rings. The smallest absolute Gasteiger partial charge is 0.235 e. The summed E-state index contributed by atoms with van der Waals surface area (Å²) in [5, 5.41) is 0. The Morgan fingerprint density at radius 1 is 0.455 bits per heavy atom. The normalized spacial score (nSPS) is 15.5. The molecule has 12 nitrogen and oxygen atoms in total. The number of nitrogens with zero attached hydrogens (tertiary/aromatic N) is 1. The van der Waals surface area contributed by atoms with Crippen LogP contribution < -0.4 is 0 Å². The van der Waals surface area contributed by atoms with E-state index in [1.807, 2.05) is 53.3 Å². The van der Waals surface area contributed by atoms with Crippen LogP contribution in [-0.2, 0) is 52.2 Å². The van der Waals surface area contributed by atoms with Gasteiger partial charge in [0.25, 0.3) is 0 Å². The second-order valence-corrected chi connectivity index (χ2v) is 28.0. The van der Waals surface area contributed by atoms with Gasteiger partial charge in [0.2, 0.25) is 11.8 Å². The van der Waals surface area contributed by atoms with Gasteiger partial charge in [0.05, 0.1) is 96.7 Å². The Morgan fingerprint density at radius 3 is 1.15 bits per heavy atom. The van der Waals surface area contributed by atoms with E-state index in [-0.39, 0.29) is 68.3 Å². The zero-order valence-corrected chi connectivity index (χ0v) is 48.5. The number of hydrogen-bond donors (Lipinski definition) is 0. The van der Waals surface area contributed by atoms with Crippen LogP contribution in [0.25, 0.3) is 0 Å². The average Bonchev–Trinajstić information content (AvgIpc) is 3.39. The molecule has 0 aromatic carbocycles. The van der Waals surface area contributed by atoms with Crippen LogP contribution in [0.1, 0.15) is 179 Å². The molecule has 1 atom stereocenters. The lowest BCUT2D eigenvalue weighted by Gasteiger charge is -2.24. The van der Waals surface area contributed by atoms with Gasteiger partial charge in [-0.15, -0.1) is 11.8 Å². The molecule has 1 fully saturated rings. The van der Waals surface area contributed by atoms with E-state index in [1.165, 1.54) is 4.90 Å². The van der Waals surface area contributed by atoms with Crippen LogP contribution in [0.3, 0.4) is 0 Å². The third-order valence-corrected chi connectivity index (χ3v) is 9.44. The van der Waals surface area contributed by atoms with Gasteiger partial charge in [-0.1, -0.05) is 145 Å². The van der Waals surface area contributed by atoms with Crippen LogP contribution >= 0.6 is 11.8 Å². The summed E-state index contributed by atoms with van der Waals surface area (Å²) in [7, 11) is 0. The summed E-state index contributed by atoms with van der Waals surface area (Å²) >= 11 is 1.82. The summed E-state index contributed by atoms with van der Waals surface area (Å²) in [6.07, 6.45) is 1.39. The lowest BCUT2D eigenvalue weighted by atomic mass is 9.80. The fraction of sp³-hybridized carbons (Fsp3) is 0.962. The summed E-state index contributed by atoms with van der Waals surface area (Å²) in [6.45, 7) is 60.1. The van der Waals surface area contributed by atoms with Gasteiger partial charge in [-0.2, -0.15) is 0 Å². The number of rotatable bonds is 24. The minimum absolute atomic E-state index is 0.0309. The van der Waals surface area contributed by atoms with Crippen LogP contribution in [0.4, 0.5) is 0 Å². The van der Waals surface area contributed by atoms with Crippen molar-refractivity contribution >= 4 is 23.6 Å². The topological polar surface area (TPSA) is 120 Å². The summed E-state index contributed by atoms with van der Waals surface area (Å²) in [4.78, 5) is 25.3. The predicted octanol–water partition coefficient (Wildman–Crippen LogP) is 12.3. The molecular weight excluding hydrogens is 859 g/mol. The lowest BCUT2D eigenvalue weighted by molar-refractivity contribution is -0.147. The van der Waals surface area contributed by atoms with Gasteiger partial charge in [-0.25, -0.2) is 0 Å². The van der Waals surface area contributed by atoms with Gasteiger partial charge in [0, 0.05) is 17.8 Å². The lowest BCUT2D eigenvalue weighted by Crippen LogP contribution is -2.36. The standard InChI is InChI=1S/C16H29NO4.C13H28O2.C12H26O3.C12H26O2S/c1-15(2,3)10-20-7-8-21-11-17-13(18)9-12(14(17)19)16(4,5)6;1-12(2,3)7-8-14-9-10-15-11-13(4,5)6;2*1-11(2,3)9-13-7-8-14-10-15-12(4,5)6/h12H,7-11H2,1-6H3;7-11H2,1-6H3;2*7-10H2,1-6H3. The van der Waals surface area contributed by atoms with Gasteiger partial charge in [-0.05, 0) is 59.7 Å². The van der Waals surface area contributed by atoms with Crippen molar-refractivity contribution in [3.05, 3.63) is 0 Å². The number of imide groups is 1. The van der Waals surface area contributed by atoms with Crippen molar-refractivity contribution in [2.24, 2.45) is 38.4 Å². The fourth-order valence-electron chi connectivity index (χ4n) is 4.67. The van der Waals surface area contributed by atoms with Crippen LogP contribution in [0.5, 0.6) is 0 Å². The molecule has 0 N–H and O–H groups in total. The quantitative estimate of drug-likeness (QED) is 0.0520. The minimum Gasteiger partial charge on any atom is -0.379 e. The van der Waals surface area contributed by atoms with E-state index in [4.69, 9.17) is 42.6 Å². The zero-order valence-electron chi connectivity index (χ0n) is 47.7. The monoisotopic (exact) mass is 968 g/mol. The maximum absolute atomic E-state index is 12.2. The number of thioether (sulfide) groups is 1. The number of carbonyl (C=O) groups is 2. The van der Waals surface area contributed by atoms with Gasteiger partial charge in [-0.3, -0.25) is 14.5 Å². The molecule has 0 aromatic heterocycles. The van der Waals surface area contributed by atoms with Gasteiger partial charge in [0.1, 0.15) is 13.5 Å². The second-order valence-electron chi connectivity index (χ2n) is 26.3. The maximum Gasteiger partial charge on any atom is 0.235 e. The first-order valence-corrected chi connectivity index (χ1v) is 25.4. The highest BCUT2D eigenvalue weighted by Gasteiger charge is 2.44. The molecule has 0 aliphatic carbocycles. The Bertz CT molecular complexity index is 1060. The molecule has 0 aromatic rings. The average molecular weight is 969 g/mol. The molecule has 0 spiro atoms. The molecule has 1 rings (SSSR count). The summed E-state index contributed by atoms with van der Waals surface area (Å²) in [5.41, 5.74) is 0.893. The van der Waals surface area contributed by atoms with Gasteiger partial charge < -0.3 is 42.6 Å². The van der Waals surface area contributed by atoms with Crippen molar-refractivity contribution in [1.29, 1.82) is 0 Å². The zero-order chi connectivity index (χ0) is 52.1. The molecule has 398 valence electrons. The van der Waals surface area contributed by atoms with Gasteiger partial charge >= 0.3 is 0 Å². The first-order valence-electron chi connectivity index (χ1n) is 24.4. The Labute approximate surface area is 412 Å². The van der Waals surface area contributed by atoms with Gasteiger partial charge in [0.15, 0.2) is 0 Å². The maximum atomic E-state index is 12.2. The van der Waals surface area contributed by atoms with E-state index in [0.717, 1.165) is 38.8 Å². The van der Waals surface area contributed by atoms with E-state index < -0.39 is 0 Å². The molecule has 1 heterocycles. The van der Waals surface area contributed by atoms with Crippen molar-refractivity contribution in [2.75, 3.05) is 105 Å². The molecular formula is C53H109NO11S. The molecule has 13 heteroatoms. The fourth-order valence-corrected chi connectivity index (χ4v) is 5.23. The number of hydrogen-bond acceptors (Lipinski definition) is 12. The summed E-state index contributed by atoms with van der Waals surface area (Å²) in [5.74, 6) is 0.243. The van der Waals surface area contributed by atoms with E-state index in [1.54, 1.807) is 0 Å². The number of likely N-dealkylation sites (tertiary alicyclic amines) is 1. The van der Waals surface area contributed by atoms with Crippen molar-refractivity contribution in [3.8, 4) is 0 Å². The van der Waals surface area contributed by atoms with E-state index >= 15 is 0 Å². The Balaban J connectivity index is -0.000000813. The molecule has 66 heavy (non-hydrogen) atoms. The molecule has 2 amide bonds. The predicted molar refractivity (Wildman–Crippen MR) is 276 cm³/mol. The highest BCUT2D eigenvalue weighted by molar-refractivity contribution is 8.00. The molecule has 1 aliphatic heterocycles. The molecule has 1 unspecified atom stereocenters. The van der Waals surface area contributed by atoms with Crippen molar-refractivity contribution in [1.82, 2.24) is 4.90 Å². The summed E-state index contributed by atoms with van der Waals surface area (Å²) < 4.78 is 49.2. The Morgan fingerprint density at radius 2 is 0.818 bits per heavy atom. The molecule has 0 radical (unpaired) electrons. The van der Waals surface area contributed by atoms with Crippen LogP contribution in [-0.4, -0.2) is 132 Å². The first kappa shape index (κ1) is 69.4. The van der Waals surface area contributed by atoms with E-state index in [9.17, 15) is 9.59 Å². The first-order chi connectivity index (χ1) is 29.6. The number of ether oxygens (including phenoxy) is 9. The number of carbonyl (C=O) groups excluding carboxylic acids is 2. The molecule has 0 saturated carbocycles. The molecule has 1 saturated heterocycles. The van der Waals surface area contributed by atoms with Crippen molar-refractivity contribution < 1.29 is 52.2 Å². The van der Waals surface area contributed by atoms with E-state index in [0.29, 0.717) is 71.7 Å².